The Morgan fingerprint density at radius 3 is 2.47 bits per heavy atom. The Morgan fingerprint density at radius 2 is 1.80 bits per heavy atom. The van der Waals surface area contributed by atoms with Crippen LogP contribution in [0, 0.1) is 0 Å². The van der Waals surface area contributed by atoms with E-state index in [2.05, 4.69) is 17.1 Å². The van der Waals surface area contributed by atoms with Crippen molar-refractivity contribution in [3.05, 3.63) is 42.2 Å². The lowest BCUT2D eigenvalue weighted by molar-refractivity contribution is 0.791. The molecule has 1 heterocycles. The van der Waals surface area contributed by atoms with E-state index in [0.29, 0.717) is 0 Å². The summed E-state index contributed by atoms with van der Waals surface area (Å²) in [6.45, 7) is 1.95. The summed E-state index contributed by atoms with van der Waals surface area (Å²) in [4.78, 5) is 4.28. The van der Waals surface area contributed by atoms with E-state index in [4.69, 9.17) is 5.73 Å². The molecule has 82 valence electrons. The standard InChI is InChI=1S/C11H12N2.2ClH/c1-8(12)11-10-5-3-2-4-9(10)6-7-13-11;;/h2-8H,12H2,1H3;2*1H. The number of rotatable bonds is 1. The predicted molar refractivity (Wildman–Crippen MR) is 68.8 cm³/mol. The minimum atomic E-state index is -0.00824. The second-order valence-electron chi connectivity index (χ2n) is 3.21. The molecule has 2 N–H and O–H groups in total. The Labute approximate surface area is 102 Å². The molecular formula is C11H14Cl2N2. The molecule has 1 aromatic heterocycles. The quantitative estimate of drug-likeness (QED) is 0.838. The molecular weight excluding hydrogens is 231 g/mol. The molecule has 15 heavy (non-hydrogen) atoms. The summed E-state index contributed by atoms with van der Waals surface area (Å²) in [6.07, 6.45) is 1.81. The fourth-order valence-corrected chi connectivity index (χ4v) is 1.51. The SMILES string of the molecule is CC(N)c1nccc2ccccc12.Cl.Cl. The van der Waals surface area contributed by atoms with Crippen LogP contribution < -0.4 is 5.73 Å². The van der Waals surface area contributed by atoms with Gasteiger partial charge in [0.05, 0.1) is 5.69 Å². The molecule has 2 nitrogen and oxygen atoms in total. The van der Waals surface area contributed by atoms with Crippen LogP contribution in [-0.4, -0.2) is 4.98 Å². The third-order valence-electron chi connectivity index (χ3n) is 2.14. The average Bonchev–Trinajstić information content (AvgIpc) is 2.17. The Morgan fingerprint density at radius 1 is 1.13 bits per heavy atom. The van der Waals surface area contributed by atoms with Gasteiger partial charge >= 0.3 is 0 Å². The molecule has 0 bridgehead atoms. The second-order valence-corrected chi connectivity index (χ2v) is 3.21. The highest BCUT2D eigenvalue weighted by Crippen LogP contribution is 2.19. The van der Waals surface area contributed by atoms with Crippen LogP contribution in [-0.2, 0) is 0 Å². The molecule has 1 atom stereocenters. The van der Waals surface area contributed by atoms with Crippen LogP contribution >= 0.6 is 24.8 Å². The molecule has 1 unspecified atom stereocenters. The van der Waals surface area contributed by atoms with Crippen LogP contribution in [0.15, 0.2) is 36.5 Å². The van der Waals surface area contributed by atoms with Gasteiger partial charge in [-0.15, -0.1) is 24.8 Å². The fraction of sp³-hybridized carbons (Fsp3) is 0.182. The molecule has 0 aliphatic heterocycles. The number of nitrogens with two attached hydrogens (primary N) is 1. The van der Waals surface area contributed by atoms with E-state index < -0.39 is 0 Å². The number of hydrogen-bond donors (Lipinski definition) is 1. The van der Waals surface area contributed by atoms with E-state index in [9.17, 15) is 0 Å². The highest BCUT2D eigenvalue weighted by molar-refractivity contribution is 5.86. The predicted octanol–water partition coefficient (Wildman–Crippen LogP) is 3.10. The topological polar surface area (TPSA) is 38.9 Å². The zero-order valence-electron chi connectivity index (χ0n) is 8.38. The molecule has 1 aromatic carbocycles. The highest BCUT2D eigenvalue weighted by Gasteiger charge is 2.04. The molecule has 0 radical (unpaired) electrons. The van der Waals surface area contributed by atoms with Gasteiger partial charge < -0.3 is 5.73 Å². The third kappa shape index (κ3) is 2.81. The molecule has 0 aliphatic rings. The van der Waals surface area contributed by atoms with Gasteiger partial charge in [-0.3, -0.25) is 4.98 Å². The lowest BCUT2D eigenvalue weighted by Crippen LogP contribution is -2.07. The Balaban J connectivity index is 0.000000980. The largest absolute Gasteiger partial charge is 0.323 e. The second kappa shape index (κ2) is 5.91. The maximum absolute atomic E-state index is 5.82. The number of benzene rings is 1. The van der Waals surface area contributed by atoms with Gasteiger partial charge in [-0.25, -0.2) is 0 Å². The summed E-state index contributed by atoms with van der Waals surface area (Å²) in [6, 6.07) is 10.2. The van der Waals surface area contributed by atoms with Crippen LogP contribution in [0.5, 0.6) is 0 Å². The zero-order valence-corrected chi connectivity index (χ0v) is 10.0. The van der Waals surface area contributed by atoms with E-state index in [0.717, 1.165) is 11.1 Å². The smallest absolute Gasteiger partial charge is 0.0646 e. The van der Waals surface area contributed by atoms with E-state index in [1.54, 1.807) is 6.20 Å². The minimum Gasteiger partial charge on any atom is -0.323 e. The summed E-state index contributed by atoms with van der Waals surface area (Å²) in [5.41, 5.74) is 6.79. The first-order chi connectivity index (χ1) is 6.29. The van der Waals surface area contributed by atoms with Gasteiger partial charge in [-0.05, 0) is 18.4 Å². The zero-order chi connectivity index (χ0) is 9.26. The van der Waals surface area contributed by atoms with Gasteiger partial charge in [-0.1, -0.05) is 24.3 Å². The first-order valence-corrected chi connectivity index (χ1v) is 4.38. The lowest BCUT2D eigenvalue weighted by Gasteiger charge is -2.07. The van der Waals surface area contributed by atoms with Crippen LogP contribution in [0.1, 0.15) is 18.7 Å². The van der Waals surface area contributed by atoms with Gasteiger partial charge in [0, 0.05) is 17.6 Å². The van der Waals surface area contributed by atoms with E-state index in [1.807, 2.05) is 25.1 Å². The first kappa shape index (κ1) is 14.2. The van der Waals surface area contributed by atoms with Crippen molar-refractivity contribution in [1.29, 1.82) is 0 Å². The number of halogens is 2. The summed E-state index contributed by atoms with van der Waals surface area (Å²) in [7, 11) is 0. The Hall–Kier alpha value is -0.830. The number of nitrogens with zero attached hydrogens (tertiary/aromatic N) is 1. The molecule has 4 heteroatoms. The minimum absolute atomic E-state index is 0. The van der Waals surface area contributed by atoms with Gasteiger partial charge in [-0.2, -0.15) is 0 Å². The van der Waals surface area contributed by atoms with E-state index in [-0.39, 0.29) is 30.9 Å². The van der Waals surface area contributed by atoms with Crippen molar-refractivity contribution < 1.29 is 0 Å². The average molecular weight is 245 g/mol. The van der Waals surface area contributed by atoms with Crippen LogP contribution in [0.3, 0.4) is 0 Å². The van der Waals surface area contributed by atoms with Gasteiger partial charge in [0.15, 0.2) is 0 Å². The van der Waals surface area contributed by atoms with Crippen LogP contribution in [0.4, 0.5) is 0 Å². The van der Waals surface area contributed by atoms with Crippen LogP contribution in [0.25, 0.3) is 10.8 Å². The normalized spacial score (nSPS) is 11.3. The summed E-state index contributed by atoms with van der Waals surface area (Å²) >= 11 is 0. The number of aromatic nitrogens is 1. The van der Waals surface area contributed by atoms with Gasteiger partial charge in [0.25, 0.3) is 0 Å². The number of hydrogen-bond acceptors (Lipinski definition) is 2. The van der Waals surface area contributed by atoms with Crippen molar-refractivity contribution in [3.8, 4) is 0 Å². The summed E-state index contributed by atoms with van der Waals surface area (Å²) < 4.78 is 0. The number of fused-ring (bicyclic) bond motifs is 1. The van der Waals surface area contributed by atoms with Gasteiger partial charge in [0.2, 0.25) is 0 Å². The maximum atomic E-state index is 5.82. The van der Waals surface area contributed by atoms with Gasteiger partial charge in [0.1, 0.15) is 0 Å². The first-order valence-electron chi connectivity index (χ1n) is 4.38. The monoisotopic (exact) mass is 244 g/mol. The Kier molecular flexibility index (Phi) is 5.58. The van der Waals surface area contributed by atoms with E-state index >= 15 is 0 Å². The van der Waals surface area contributed by atoms with Crippen molar-refractivity contribution in [3.63, 3.8) is 0 Å². The fourth-order valence-electron chi connectivity index (χ4n) is 1.51. The van der Waals surface area contributed by atoms with Crippen molar-refractivity contribution >= 4 is 35.6 Å². The molecule has 2 rings (SSSR count). The lowest BCUT2D eigenvalue weighted by atomic mass is 10.1. The molecule has 0 fully saturated rings. The van der Waals surface area contributed by atoms with E-state index in [1.165, 1.54) is 5.39 Å². The van der Waals surface area contributed by atoms with Crippen molar-refractivity contribution in [2.24, 2.45) is 5.73 Å². The summed E-state index contributed by atoms with van der Waals surface area (Å²) in [5.74, 6) is 0. The third-order valence-corrected chi connectivity index (χ3v) is 2.14. The summed E-state index contributed by atoms with van der Waals surface area (Å²) in [5, 5.41) is 2.35. The molecule has 0 spiro atoms. The molecule has 0 aliphatic carbocycles. The maximum Gasteiger partial charge on any atom is 0.0646 e. The van der Waals surface area contributed by atoms with Crippen molar-refractivity contribution in [1.82, 2.24) is 4.98 Å². The van der Waals surface area contributed by atoms with Crippen molar-refractivity contribution in [2.75, 3.05) is 0 Å². The molecule has 0 saturated heterocycles. The van der Waals surface area contributed by atoms with Crippen LogP contribution in [0.2, 0.25) is 0 Å². The molecule has 0 amide bonds. The molecule has 0 saturated carbocycles. The van der Waals surface area contributed by atoms with Crippen molar-refractivity contribution in [2.45, 2.75) is 13.0 Å². The Bertz CT molecular complexity index is 424. The number of pyridine rings is 1. The molecule has 2 aromatic rings. The highest BCUT2D eigenvalue weighted by atomic mass is 35.5.